The molecule has 1 N–H and O–H groups in total. The maximum Gasteiger partial charge on any atom is 0.305 e. The predicted octanol–water partition coefficient (Wildman–Crippen LogP) is 2.39. The molecule has 1 rings (SSSR count). The van der Waals surface area contributed by atoms with Gasteiger partial charge in [-0.25, -0.2) is 0 Å². The van der Waals surface area contributed by atoms with Gasteiger partial charge in [0.25, 0.3) is 0 Å². The molecule has 1 aromatic rings. The Balaban J connectivity index is 2.84. The maximum atomic E-state index is 10.7. The van der Waals surface area contributed by atoms with Crippen molar-refractivity contribution in [3.63, 3.8) is 0 Å². The number of carboxylic acid groups (broad SMARTS) is 1. The Morgan fingerprint density at radius 1 is 1.33 bits per heavy atom. The van der Waals surface area contributed by atoms with Crippen LogP contribution in [0.4, 0.5) is 5.69 Å². The monoisotopic (exact) mass is 251 g/mol. The first kappa shape index (κ1) is 14.5. The van der Waals surface area contributed by atoms with Gasteiger partial charge in [-0.05, 0) is 26.0 Å². The Morgan fingerprint density at radius 3 is 2.44 bits per heavy atom. The van der Waals surface area contributed by atoms with Crippen molar-refractivity contribution in [3.8, 4) is 0 Å². The number of benzene rings is 1. The van der Waals surface area contributed by atoms with Gasteiger partial charge in [-0.15, -0.1) is 0 Å². The second-order valence-electron chi connectivity index (χ2n) is 4.35. The van der Waals surface area contributed by atoms with E-state index in [1.165, 1.54) is 0 Å². The molecule has 2 atom stereocenters. The molecule has 0 heterocycles. The smallest absolute Gasteiger partial charge is 0.305 e. The molecule has 0 saturated carbocycles. The van der Waals surface area contributed by atoms with Crippen LogP contribution in [-0.4, -0.2) is 36.9 Å². The lowest BCUT2D eigenvalue weighted by Gasteiger charge is -2.34. The van der Waals surface area contributed by atoms with E-state index >= 15 is 0 Å². The number of hydrogen-bond donors (Lipinski definition) is 1. The van der Waals surface area contributed by atoms with Crippen LogP contribution in [-0.2, 0) is 9.53 Å². The van der Waals surface area contributed by atoms with Crippen molar-refractivity contribution in [1.29, 1.82) is 0 Å². The van der Waals surface area contributed by atoms with Crippen LogP contribution < -0.4 is 4.90 Å². The van der Waals surface area contributed by atoms with Crippen LogP contribution in [0.5, 0.6) is 0 Å². The van der Waals surface area contributed by atoms with E-state index < -0.39 is 5.97 Å². The number of carbonyl (C=O) groups is 1. The molecule has 0 saturated heterocycles. The Bertz CT molecular complexity index is 367. The zero-order chi connectivity index (χ0) is 13.5. The Hall–Kier alpha value is -1.55. The van der Waals surface area contributed by atoms with E-state index in [9.17, 15) is 4.79 Å². The largest absolute Gasteiger partial charge is 0.481 e. The highest BCUT2D eigenvalue weighted by atomic mass is 16.5. The van der Waals surface area contributed by atoms with E-state index in [2.05, 4.69) is 4.90 Å². The molecule has 1 aromatic carbocycles. The standard InChI is InChI=1S/C14H21NO3/c1-11(12(2)18-3)15(10-9-14(16)17)13-7-5-4-6-8-13/h4-8,11-12H,9-10H2,1-3H3,(H,16,17). The summed E-state index contributed by atoms with van der Waals surface area (Å²) in [5, 5.41) is 8.83. The Kier molecular flexibility index (Phi) is 5.65. The fraction of sp³-hybridized carbons (Fsp3) is 0.500. The van der Waals surface area contributed by atoms with Gasteiger partial charge in [0, 0.05) is 19.3 Å². The zero-order valence-corrected chi connectivity index (χ0v) is 11.2. The maximum absolute atomic E-state index is 10.7. The number of nitrogens with zero attached hydrogens (tertiary/aromatic N) is 1. The van der Waals surface area contributed by atoms with Gasteiger partial charge in [0.15, 0.2) is 0 Å². The third-order valence-corrected chi connectivity index (χ3v) is 3.20. The van der Waals surface area contributed by atoms with Crippen LogP contribution in [0.25, 0.3) is 0 Å². The van der Waals surface area contributed by atoms with Gasteiger partial charge >= 0.3 is 5.97 Å². The Labute approximate surface area is 108 Å². The molecular weight excluding hydrogens is 230 g/mol. The molecule has 0 radical (unpaired) electrons. The lowest BCUT2D eigenvalue weighted by molar-refractivity contribution is -0.136. The molecule has 0 spiro atoms. The molecule has 2 unspecified atom stereocenters. The molecule has 100 valence electrons. The van der Waals surface area contributed by atoms with Crippen LogP contribution in [0.2, 0.25) is 0 Å². The SMILES string of the molecule is COC(C)C(C)N(CCC(=O)O)c1ccccc1. The van der Waals surface area contributed by atoms with E-state index in [1.54, 1.807) is 7.11 Å². The van der Waals surface area contributed by atoms with Crippen molar-refractivity contribution in [2.45, 2.75) is 32.4 Å². The van der Waals surface area contributed by atoms with Crippen molar-refractivity contribution in [2.75, 3.05) is 18.6 Å². The molecule has 0 aromatic heterocycles. The predicted molar refractivity (Wildman–Crippen MR) is 72.0 cm³/mol. The minimum absolute atomic E-state index is 0.0407. The van der Waals surface area contributed by atoms with Crippen molar-refractivity contribution in [3.05, 3.63) is 30.3 Å². The van der Waals surface area contributed by atoms with Gasteiger partial charge in [0.05, 0.1) is 18.6 Å². The lowest BCUT2D eigenvalue weighted by Crippen LogP contribution is -2.42. The summed E-state index contributed by atoms with van der Waals surface area (Å²) < 4.78 is 5.33. The third kappa shape index (κ3) is 4.04. The van der Waals surface area contributed by atoms with Crippen LogP contribution in [0.1, 0.15) is 20.3 Å². The van der Waals surface area contributed by atoms with Gasteiger partial charge < -0.3 is 14.7 Å². The summed E-state index contributed by atoms with van der Waals surface area (Å²) in [6, 6.07) is 9.95. The van der Waals surface area contributed by atoms with Crippen LogP contribution >= 0.6 is 0 Å². The average molecular weight is 251 g/mol. The second-order valence-corrected chi connectivity index (χ2v) is 4.35. The van der Waals surface area contributed by atoms with Gasteiger partial charge in [0.1, 0.15) is 0 Å². The number of ether oxygens (including phenoxy) is 1. The fourth-order valence-corrected chi connectivity index (χ4v) is 1.85. The summed E-state index contributed by atoms with van der Waals surface area (Å²) >= 11 is 0. The first-order valence-electron chi connectivity index (χ1n) is 6.12. The van der Waals surface area contributed by atoms with Gasteiger partial charge in [-0.1, -0.05) is 18.2 Å². The summed E-state index contributed by atoms with van der Waals surface area (Å²) in [6.45, 7) is 4.51. The van der Waals surface area contributed by atoms with Crippen molar-refractivity contribution in [2.24, 2.45) is 0 Å². The molecule has 0 aliphatic carbocycles. The van der Waals surface area contributed by atoms with Crippen molar-refractivity contribution >= 4 is 11.7 Å². The van der Waals surface area contributed by atoms with Gasteiger partial charge in [0.2, 0.25) is 0 Å². The number of rotatable bonds is 7. The van der Waals surface area contributed by atoms with Crippen LogP contribution in [0, 0.1) is 0 Å². The normalized spacial score (nSPS) is 13.9. The molecule has 4 heteroatoms. The van der Waals surface area contributed by atoms with Crippen LogP contribution in [0.3, 0.4) is 0 Å². The van der Waals surface area contributed by atoms with E-state index in [1.807, 2.05) is 44.2 Å². The van der Waals surface area contributed by atoms with E-state index in [0.717, 1.165) is 5.69 Å². The number of para-hydroxylation sites is 1. The number of carboxylic acids is 1. The minimum atomic E-state index is -0.784. The van der Waals surface area contributed by atoms with E-state index in [4.69, 9.17) is 9.84 Å². The van der Waals surface area contributed by atoms with Crippen molar-refractivity contribution in [1.82, 2.24) is 0 Å². The zero-order valence-electron chi connectivity index (χ0n) is 11.2. The number of anilines is 1. The summed E-state index contributed by atoms with van der Waals surface area (Å²) in [5.74, 6) is -0.784. The summed E-state index contributed by atoms with van der Waals surface area (Å²) in [6.07, 6.45) is 0.161. The number of methoxy groups -OCH3 is 1. The summed E-state index contributed by atoms with van der Waals surface area (Å²) in [7, 11) is 1.67. The molecule has 0 amide bonds. The highest BCUT2D eigenvalue weighted by Gasteiger charge is 2.20. The first-order valence-corrected chi connectivity index (χ1v) is 6.12. The topological polar surface area (TPSA) is 49.8 Å². The molecule has 0 fully saturated rings. The fourth-order valence-electron chi connectivity index (χ4n) is 1.85. The number of aliphatic carboxylic acids is 1. The lowest BCUT2D eigenvalue weighted by atomic mass is 10.1. The highest BCUT2D eigenvalue weighted by Crippen LogP contribution is 2.19. The van der Waals surface area contributed by atoms with Gasteiger partial charge in [-0.3, -0.25) is 4.79 Å². The highest BCUT2D eigenvalue weighted by molar-refractivity contribution is 5.67. The molecule has 4 nitrogen and oxygen atoms in total. The van der Waals surface area contributed by atoms with E-state index in [0.29, 0.717) is 6.54 Å². The molecule has 0 aliphatic rings. The molecule has 0 bridgehead atoms. The molecular formula is C14H21NO3. The van der Waals surface area contributed by atoms with E-state index in [-0.39, 0.29) is 18.6 Å². The number of hydrogen-bond acceptors (Lipinski definition) is 3. The minimum Gasteiger partial charge on any atom is -0.481 e. The average Bonchev–Trinajstić information content (AvgIpc) is 2.38. The van der Waals surface area contributed by atoms with Crippen molar-refractivity contribution < 1.29 is 14.6 Å². The van der Waals surface area contributed by atoms with Gasteiger partial charge in [-0.2, -0.15) is 0 Å². The third-order valence-electron chi connectivity index (χ3n) is 3.20. The summed E-state index contributed by atoms with van der Waals surface area (Å²) in [5.41, 5.74) is 1.02. The second kappa shape index (κ2) is 7.01. The summed E-state index contributed by atoms with van der Waals surface area (Å²) in [4.78, 5) is 12.8. The van der Waals surface area contributed by atoms with Crippen LogP contribution in [0.15, 0.2) is 30.3 Å². The Morgan fingerprint density at radius 2 is 1.94 bits per heavy atom. The molecule has 18 heavy (non-hydrogen) atoms. The quantitative estimate of drug-likeness (QED) is 0.808. The first-order chi connectivity index (χ1) is 8.56. The molecule has 0 aliphatic heterocycles.